The Morgan fingerprint density at radius 3 is 2.71 bits per heavy atom. The molecule has 3 aromatic carbocycles. The summed E-state index contributed by atoms with van der Waals surface area (Å²) >= 11 is 1.39. The number of aromatic nitrogens is 4. The number of H-pyrrole nitrogens is 1. The van der Waals surface area contributed by atoms with Crippen molar-refractivity contribution in [2.24, 2.45) is 0 Å². The molecule has 0 spiro atoms. The molecule has 1 N–H and O–H groups in total. The molecule has 0 unspecified atom stereocenters. The molecule has 0 aliphatic carbocycles. The number of rotatable bonds is 7. The van der Waals surface area contributed by atoms with Crippen LogP contribution in [-0.2, 0) is 6.54 Å². The third kappa shape index (κ3) is 3.82. The highest BCUT2D eigenvalue weighted by Gasteiger charge is 2.19. The maximum absolute atomic E-state index is 13.0. The Hall–Kier alpha value is -4.04. The van der Waals surface area contributed by atoms with Gasteiger partial charge in [0.1, 0.15) is 0 Å². The van der Waals surface area contributed by atoms with E-state index in [4.69, 9.17) is 9.47 Å². The van der Waals surface area contributed by atoms with Crippen LogP contribution in [0, 0.1) is 0 Å². The predicted octanol–water partition coefficient (Wildman–Crippen LogP) is 5.18. The van der Waals surface area contributed by atoms with Gasteiger partial charge in [0.2, 0.25) is 6.79 Å². The molecule has 0 fully saturated rings. The van der Waals surface area contributed by atoms with Crippen LogP contribution in [0.3, 0.4) is 0 Å². The lowest BCUT2D eigenvalue weighted by Gasteiger charge is -2.11. The summed E-state index contributed by atoms with van der Waals surface area (Å²) in [5, 5.41) is 10.5. The highest BCUT2D eigenvalue weighted by Crippen LogP contribution is 2.34. The van der Waals surface area contributed by atoms with Crippen molar-refractivity contribution in [1.82, 2.24) is 19.7 Å². The van der Waals surface area contributed by atoms with Crippen molar-refractivity contribution >= 4 is 28.4 Å². The second-order valence-electron chi connectivity index (χ2n) is 7.91. The number of nitrogens with one attached hydrogen (secondary N) is 1. The van der Waals surface area contributed by atoms with Gasteiger partial charge in [-0.05, 0) is 23.8 Å². The van der Waals surface area contributed by atoms with Crippen LogP contribution >= 0.6 is 11.8 Å². The molecule has 7 nitrogen and oxygen atoms in total. The molecule has 0 amide bonds. The molecule has 2 aromatic heterocycles. The Morgan fingerprint density at radius 1 is 0.971 bits per heavy atom. The van der Waals surface area contributed by atoms with E-state index in [9.17, 15) is 4.79 Å². The van der Waals surface area contributed by atoms with Crippen LogP contribution in [0.4, 0.5) is 0 Å². The number of aromatic amines is 1. The van der Waals surface area contributed by atoms with Gasteiger partial charge in [0.25, 0.3) is 0 Å². The average molecular weight is 469 g/mol. The van der Waals surface area contributed by atoms with Crippen molar-refractivity contribution in [3.05, 3.63) is 90.1 Å². The largest absolute Gasteiger partial charge is 0.454 e. The molecule has 168 valence electrons. The molecule has 1 aliphatic heterocycles. The molecule has 0 bridgehead atoms. The molecule has 3 heterocycles. The summed E-state index contributed by atoms with van der Waals surface area (Å²) in [5.41, 5.74) is 3.64. The number of Topliss-reactive ketones (excluding diaryl/α,β-unsaturated/α-hetero) is 1. The molecule has 1 aliphatic rings. The highest BCUT2D eigenvalue weighted by molar-refractivity contribution is 7.99. The first-order valence-electron chi connectivity index (χ1n) is 10.9. The molecular formula is C26H20N4O3S. The van der Waals surface area contributed by atoms with E-state index in [1.54, 1.807) is 6.20 Å². The lowest BCUT2D eigenvalue weighted by molar-refractivity contribution is 0.102. The number of ether oxygens (including phenoxy) is 2. The first-order valence-corrected chi connectivity index (χ1v) is 11.8. The van der Waals surface area contributed by atoms with Crippen LogP contribution < -0.4 is 9.47 Å². The number of para-hydroxylation sites is 1. The zero-order valence-electron chi connectivity index (χ0n) is 18.1. The SMILES string of the molecule is O=C(CSc1nnc(-c2ccccc2)n1Cc1ccc2c(c1)OCO2)c1c[nH]c2ccccc12. The fourth-order valence-corrected chi connectivity index (χ4v) is 4.89. The van der Waals surface area contributed by atoms with Gasteiger partial charge in [-0.15, -0.1) is 10.2 Å². The Bertz CT molecular complexity index is 1490. The van der Waals surface area contributed by atoms with E-state index in [0.717, 1.165) is 39.4 Å². The van der Waals surface area contributed by atoms with Crippen molar-refractivity contribution in [2.75, 3.05) is 12.5 Å². The minimum Gasteiger partial charge on any atom is -0.454 e. The number of thioether (sulfide) groups is 1. The van der Waals surface area contributed by atoms with Gasteiger partial charge in [-0.1, -0.05) is 66.4 Å². The zero-order chi connectivity index (χ0) is 22.9. The first-order chi connectivity index (χ1) is 16.8. The first kappa shape index (κ1) is 20.6. The third-order valence-electron chi connectivity index (χ3n) is 5.75. The van der Waals surface area contributed by atoms with E-state index in [0.29, 0.717) is 17.3 Å². The van der Waals surface area contributed by atoms with Gasteiger partial charge in [0.15, 0.2) is 28.3 Å². The van der Waals surface area contributed by atoms with Crippen LogP contribution in [0.25, 0.3) is 22.3 Å². The number of nitrogens with zero attached hydrogens (tertiary/aromatic N) is 3. The standard InChI is InChI=1S/C26H20N4O3S/c31-22(20-13-27-21-9-5-4-8-19(20)21)15-34-26-29-28-25(18-6-2-1-3-7-18)30(26)14-17-10-11-23-24(12-17)33-16-32-23/h1-13,27H,14-16H2. The Balaban J connectivity index is 1.30. The molecule has 5 aromatic rings. The van der Waals surface area contributed by atoms with Crippen LogP contribution in [-0.4, -0.2) is 38.1 Å². The van der Waals surface area contributed by atoms with Crippen LogP contribution in [0.1, 0.15) is 15.9 Å². The molecule has 6 rings (SSSR count). The van der Waals surface area contributed by atoms with Gasteiger partial charge < -0.3 is 14.5 Å². The molecule has 0 saturated heterocycles. The van der Waals surface area contributed by atoms with Gasteiger partial charge in [-0.2, -0.15) is 0 Å². The molecule has 8 heteroatoms. The summed E-state index contributed by atoms with van der Waals surface area (Å²) in [4.78, 5) is 16.2. The number of hydrogen-bond donors (Lipinski definition) is 1. The van der Waals surface area contributed by atoms with Crippen molar-refractivity contribution < 1.29 is 14.3 Å². The number of carbonyl (C=O) groups is 1. The Morgan fingerprint density at radius 2 is 1.79 bits per heavy atom. The number of carbonyl (C=O) groups excluding carboxylic acids is 1. The fourth-order valence-electron chi connectivity index (χ4n) is 4.07. The van der Waals surface area contributed by atoms with E-state index in [1.807, 2.05) is 77.4 Å². The van der Waals surface area contributed by atoms with Crippen molar-refractivity contribution in [3.8, 4) is 22.9 Å². The molecular weight excluding hydrogens is 448 g/mol. The topological polar surface area (TPSA) is 82.0 Å². The van der Waals surface area contributed by atoms with Crippen molar-refractivity contribution in [3.63, 3.8) is 0 Å². The minimum atomic E-state index is 0.0429. The van der Waals surface area contributed by atoms with Crippen LogP contribution in [0.2, 0.25) is 0 Å². The Kier molecular flexibility index (Phi) is 5.27. The molecule has 0 radical (unpaired) electrons. The van der Waals surface area contributed by atoms with E-state index in [2.05, 4.69) is 15.2 Å². The third-order valence-corrected chi connectivity index (χ3v) is 6.72. The van der Waals surface area contributed by atoms with Crippen molar-refractivity contribution in [1.29, 1.82) is 0 Å². The second-order valence-corrected chi connectivity index (χ2v) is 8.85. The summed E-state index contributed by atoms with van der Waals surface area (Å²) in [6.07, 6.45) is 1.78. The van der Waals surface area contributed by atoms with Gasteiger partial charge in [-0.25, -0.2) is 0 Å². The summed E-state index contributed by atoms with van der Waals surface area (Å²) in [5.74, 6) is 2.53. The fraction of sp³-hybridized carbons (Fsp3) is 0.115. The second kappa shape index (κ2) is 8.72. The summed E-state index contributed by atoms with van der Waals surface area (Å²) in [6.45, 7) is 0.773. The Labute approximate surface area is 199 Å². The highest BCUT2D eigenvalue weighted by atomic mass is 32.2. The molecule has 0 atom stereocenters. The van der Waals surface area contributed by atoms with Gasteiger partial charge in [-0.3, -0.25) is 9.36 Å². The molecule has 34 heavy (non-hydrogen) atoms. The van der Waals surface area contributed by atoms with Gasteiger partial charge in [0.05, 0.1) is 12.3 Å². The summed E-state index contributed by atoms with van der Waals surface area (Å²) in [7, 11) is 0. The smallest absolute Gasteiger partial charge is 0.231 e. The zero-order valence-corrected chi connectivity index (χ0v) is 18.9. The summed E-state index contributed by atoms with van der Waals surface area (Å²) < 4.78 is 13.0. The van der Waals surface area contributed by atoms with Gasteiger partial charge >= 0.3 is 0 Å². The normalized spacial score (nSPS) is 12.4. The lowest BCUT2D eigenvalue weighted by Crippen LogP contribution is -2.07. The van der Waals surface area contributed by atoms with E-state index in [1.165, 1.54) is 11.8 Å². The summed E-state index contributed by atoms with van der Waals surface area (Å²) in [6, 6.07) is 23.6. The predicted molar refractivity (Wildman–Crippen MR) is 130 cm³/mol. The number of benzene rings is 3. The minimum absolute atomic E-state index is 0.0429. The number of fused-ring (bicyclic) bond motifs is 2. The maximum Gasteiger partial charge on any atom is 0.231 e. The quantitative estimate of drug-likeness (QED) is 0.262. The lowest BCUT2D eigenvalue weighted by atomic mass is 10.1. The van der Waals surface area contributed by atoms with Crippen molar-refractivity contribution in [2.45, 2.75) is 11.7 Å². The van der Waals surface area contributed by atoms with Crippen LogP contribution in [0.15, 0.2) is 84.1 Å². The van der Waals surface area contributed by atoms with Crippen LogP contribution in [0.5, 0.6) is 11.5 Å². The van der Waals surface area contributed by atoms with Gasteiger partial charge in [0, 0.05) is 28.2 Å². The number of ketones is 1. The van der Waals surface area contributed by atoms with E-state index >= 15 is 0 Å². The number of hydrogen-bond acceptors (Lipinski definition) is 6. The van der Waals surface area contributed by atoms with E-state index in [-0.39, 0.29) is 18.3 Å². The maximum atomic E-state index is 13.0. The molecule has 0 saturated carbocycles. The van der Waals surface area contributed by atoms with E-state index < -0.39 is 0 Å². The monoisotopic (exact) mass is 468 g/mol. The average Bonchev–Trinajstić information content (AvgIpc) is 3.61.